The van der Waals surface area contributed by atoms with Gasteiger partial charge in [-0.05, 0) is 18.6 Å². The summed E-state index contributed by atoms with van der Waals surface area (Å²) in [5.41, 5.74) is -1.37. The normalized spacial score (nSPS) is 21.0. The van der Waals surface area contributed by atoms with Crippen molar-refractivity contribution in [2.24, 2.45) is 0 Å². The number of nitrogens with zero attached hydrogens (tertiary/aromatic N) is 1. The lowest BCUT2D eigenvalue weighted by Crippen LogP contribution is -2.23. The number of benzene rings is 1. The van der Waals surface area contributed by atoms with Crippen LogP contribution in [0.2, 0.25) is 0 Å². The van der Waals surface area contributed by atoms with Gasteiger partial charge in [0.05, 0.1) is 17.4 Å². The van der Waals surface area contributed by atoms with Crippen LogP contribution in [0.25, 0.3) is 0 Å². The Hall–Kier alpha value is -1.30. The summed E-state index contributed by atoms with van der Waals surface area (Å²) in [5, 5.41) is 9.29. The van der Waals surface area contributed by atoms with Crippen LogP contribution in [0.4, 0.5) is 23.2 Å². The van der Waals surface area contributed by atoms with E-state index in [0.29, 0.717) is 19.0 Å². The van der Waals surface area contributed by atoms with E-state index in [1.54, 1.807) is 0 Å². The zero-order valence-electron chi connectivity index (χ0n) is 8.84. The monoisotopic (exact) mass is 249 g/mol. The van der Waals surface area contributed by atoms with Crippen LogP contribution < -0.4 is 4.90 Å². The van der Waals surface area contributed by atoms with Crippen molar-refractivity contribution < 1.29 is 22.7 Å². The van der Waals surface area contributed by atoms with Gasteiger partial charge >= 0.3 is 6.18 Å². The summed E-state index contributed by atoms with van der Waals surface area (Å²) in [6.07, 6.45) is -4.86. The second-order valence-corrected chi connectivity index (χ2v) is 4.02. The fraction of sp³-hybridized carbons (Fsp3) is 0.455. The molecule has 0 spiro atoms. The molecule has 0 aliphatic carbocycles. The van der Waals surface area contributed by atoms with Gasteiger partial charge in [0, 0.05) is 13.1 Å². The molecule has 0 aromatic heterocycles. The molecule has 1 heterocycles. The van der Waals surface area contributed by atoms with Crippen LogP contribution in [0.1, 0.15) is 12.0 Å². The Morgan fingerprint density at radius 1 is 1.29 bits per heavy atom. The third-order valence-electron chi connectivity index (χ3n) is 2.79. The second-order valence-electron chi connectivity index (χ2n) is 4.02. The van der Waals surface area contributed by atoms with Crippen LogP contribution in [0.15, 0.2) is 18.2 Å². The fourth-order valence-electron chi connectivity index (χ4n) is 1.94. The number of halogens is 4. The molecule has 0 amide bonds. The number of aliphatic hydroxyl groups excluding tert-OH is 1. The van der Waals surface area contributed by atoms with E-state index >= 15 is 0 Å². The van der Waals surface area contributed by atoms with Crippen LogP contribution in [-0.2, 0) is 6.18 Å². The maximum absolute atomic E-state index is 13.7. The van der Waals surface area contributed by atoms with Gasteiger partial charge in [-0.15, -0.1) is 0 Å². The number of β-amino-alcohol motifs (C(OH)–C–C–N with tert-alkyl or cyclic N) is 1. The Balaban J connectivity index is 2.36. The SMILES string of the molecule is OC1CCN(c2cccc(C(F)(F)F)c2F)C1. The number of aliphatic hydroxyl groups is 1. The summed E-state index contributed by atoms with van der Waals surface area (Å²) in [6.45, 7) is 0.525. The summed E-state index contributed by atoms with van der Waals surface area (Å²) in [5.74, 6) is -1.27. The first-order valence-corrected chi connectivity index (χ1v) is 5.18. The number of hydrogen-bond acceptors (Lipinski definition) is 2. The Morgan fingerprint density at radius 3 is 2.53 bits per heavy atom. The minimum absolute atomic E-state index is 0.101. The van der Waals surface area contributed by atoms with E-state index in [9.17, 15) is 22.7 Å². The highest BCUT2D eigenvalue weighted by Gasteiger charge is 2.36. The molecule has 1 saturated heterocycles. The molecule has 0 radical (unpaired) electrons. The quantitative estimate of drug-likeness (QED) is 0.772. The molecule has 2 rings (SSSR count). The minimum Gasteiger partial charge on any atom is -0.391 e. The van der Waals surface area contributed by atoms with Gasteiger partial charge in [0.2, 0.25) is 0 Å². The van der Waals surface area contributed by atoms with Gasteiger partial charge in [-0.1, -0.05) is 6.07 Å². The number of anilines is 1. The van der Waals surface area contributed by atoms with Gasteiger partial charge in [-0.2, -0.15) is 13.2 Å². The van der Waals surface area contributed by atoms with E-state index in [-0.39, 0.29) is 12.2 Å². The van der Waals surface area contributed by atoms with Crippen LogP contribution in [0.3, 0.4) is 0 Å². The van der Waals surface area contributed by atoms with Crippen molar-refractivity contribution in [1.82, 2.24) is 0 Å². The van der Waals surface area contributed by atoms with Crippen LogP contribution in [0.5, 0.6) is 0 Å². The van der Waals surface area contributed by atoms with Crippen molar-refractivity contribution in [3.8, 4) is 0 Å². The third-order valence-corrected chi connectivity index (χ3v) is 2.79. The van der Waals surface area contributed by atoms with Gasteiger partial charge in [0.25, 0.3) is 0 Å². The predicted octanol–water partition coefficient (Wildman–Crippen LogP) is 2.42. The van der Waals surface area contributed by atoms with Crippen molar-refractivity contribution in [2.45, 2.75) is 18.7 Å². The Labute approximate surface area is 95.5 Å². The first kappa shape index (κ1) is 12.2. The first-order chi connectivity index (χ1) is 7.89. The lowest BCUT2D eigenvalue weighted by atomic mass is 10.1. The summed E-state index contributed by atoms with van der Waals surface area (Å²) < 4.78 is 51.2. The molecule has 1 aromatic rings. The van der Waals surface area contributed by atoms with Crippen LogP contribution in [0, 0.1) is 5.82 Å². The highest BCUT2D eigenvalue weighted by molar-refractivity contribution is 5.52. The van der Waals surface area contributed by atoms with Crippen molar-refractivity contribution in [3.63, 3.8) is 0 Å². The molecule has 0 saturated carbocycles. The molecule has 1 atom stereocenters. The molecule has 0 bridgehead atoms. The van der Waals surface area contributed by atoms with Crippen molar-refractivity contribution in [1.29, 1.82) is 0 Å². The molecule has 1 aliphatic heterocycles. The van der Waals surface area contributed by atoms with Crippen LogP contribution >= 0.6 is 0 Å². The van der Waals surface area contributed by atoms with Crippen molar-refractivity contribution in [3.05, 3.63) is 29.6 Å². The Kier molecular flexibility index (Phi) is 2.99. The van der Waals surface area contributed by atoms with Crippen LogP contribution in [-0.4, -0.2) is 24.3 Å². The summed E-state index contributed by atoms with van der Waals surface area (Å²) in [4.78, 5) is 1.43. The molecular weight excluding hydrogens is 238 g/mol. The van der Waals surface area contributed by atoms with E-state index in [1.165, 1.54) is 17.0 Å². The number of rotatable bonds is 1. The Morgan fingerprint density at radius 2 is 2.00 bits per heavy atom. The van der Waals surface area contributed by atoms with Crippen molar-refractivity contribution in [2.75, 3.05) is 18.0 Å². The Bertz CT molecular complexity index is 418. The lowest BCUT2D eigenvalue weighted by molar-refractivity contribution is -0.139. The average molecular weight is 249 g/mol. The molecular formula is C11H11F4NO. The summed E-state index contributed by atoms with van der Waals surface area (Å²) in [7, 11) is 0. The molecule has 2 nitrogen and oxygen atoms in total. The highest BCUT2D eigenvalue weighted by Crippen LogP contribution is 2.35. The van der Waals surface area contributed by atoms with Gasteiger partial charge in [-0.3, -0.25) is 0 Å². The van der Waals surface area contributed by atoms with E-state index in [1.807, 2.05) is 0 Å². The minimum atomic E-state index is -4.70. The molecule has 1 unspecified atom stereocenters. The van der Waals surface area contributed by atoms with Gasteiger partial charge in [0.1, 0.15) is 0 Å². The molecule has 1 aromatic carbocycles. The topological polar surface area (TPSA) is 23.5 Å². The van der Waals surface area contributed by atoms with E-state index in [0.717, 1.165) is 0 Å². The number of alkyl halides is 3. The summed E-state index contributed by atoms with van der Waals surface area (Å²) >= 11 is 0. The zero-order valence-corrected chi connectivity index (χ0v) is 8.84. The molecule has 1 aliphatic rings. The maximum Gasteiger partial charge on any atom is 0.419 e. The molecule has 6 heteroatoms. The largest absolute Gasteiger partial charge is 0.419 e. The first-order valence-electron chi connectivity index (χ1n) is 5.18. The fourth-order valence-corrected chi connectivity index (χ4v) is 1.94. The number of hydrogen-bond donors (Lipinski definition) is 1. The highest BCUT2D eigenvalue weighted by atomic mass is 19.4. The van der Waals surface area contributed by atoms with Gasteiger partial charge in [0.15, 0.2) is 5.82 Å². The third kappa shape index (κ3) is 2.36. The molecule has 1 fully saturated rings. The summed E-state index contributed by atoms with van der Waals surface area (Å²) in [6, 6.07) is 3.18. The smallest absolute Gasteiger partial charge is 0.391 e. The molecule has 94 valence electrons. The van der Waals surface area contributed by atoms with Crippen molar-refractivity contribution >= 4 is 5.69 Å². The molecule has 17 heavy (non-hydrogen) atoms. The standard InChI is InChI=1S/C11H11F4NO/c12-10-8(11(13,14)15)2-1-3-9(10)16-5-4-7(17)6-16/h1-3,7,17H,4-6H2. The molecule has 1 N–H and O–H groups in total. The average Bonchev–Trinajstić information content (AvgIpc) is 2.63. The van der Waals surface area contributed by atoms with E-state index < -0.39 is 23.7 Å². The van der Waals surface area contributed by atoms with Gasteiger partial charge < -0.3 is 10.0 Å². The predicted molar refractivity (Wildman–Crippen MR) is 54.2 cm³/mol. The van der Waals surface area contributed by atoms with Gasteiger partial charge in [-0.25, -0.2) is 4.39 Å². The second kappa shape index (κ2) is 4.18. The maximum atomic E-state index is 13.7. The van der Waals surface area contributed by atoms with E-state index in [4.69, 9.17) is 0 Å². The van der Waals surface area contributed by atoms with E-state index in [2.05, 4.69) is 0 Å². The zero-order chi connectivity index (χ0) is 12.6. The lowest BCUT2D eigenvalue weighted by Gasteiger charge is -2.20.